The van der Waals surface area contributed by atoms with Crippen LogP contribution in [0.25, 0.3) is 0 Å². The first-order chi connectivity index (χ1) is 10.1. The summed E-state index contributed by atoms with van der Waals surface area (Å²) < 4.78 is 17.6. The van der Waals surface area contributed by atoms with Crippen LogP contribution in [-0.4, -0.2) is 28.6 Å². The van der Waals surface area contributed by atoms with Crippen LogP contribution < -0.4 is 0 Å². The van der Waals surface area contributed by atoms with Gasteiger partial charge in [0, 0.05) is 25.9 Å². The van der Waals surface area contributed by atoms with E-state index in [1.807, 2.05) is 20.8 Å². The molecule has 0 spiro atoms. The highest BCUT2D eigenvalue weighted by atomic mass is 28.4. The average molecular weight is 317 g/mol. The molecule has 0 aliphatic rings. The van der Waals surface area contributed by atoms with Gasteiger partial charge in [-0.15, -0.1) is 6.58 Å². The summed E-state index contributed by atoms with van der Waals surface area (Å²) >= 11 is 0. The van der Waals surface area contributed by atoms with Crippen LogP contribution in [0.2, 0.25) is 6.04 Å². The Morgan fingerprint density at radius 2 is 1.19 bits per heavy atom. The van der Waals surface area contributed by atoms with Gasteiger partial charge < -0.3 is 13.3 Å². The van der Waals surface area contributed by atoms with Crippen LogP contribution in [-0.2, 0) is 13.3 Å². The first-order valence-electron chi connectivity index (χ1n) is 8.66. The third-order valence-corrected chi connectivity index (χ3v) is 6.58. The van der Waals surface area contributed by atoms with Crippen LogP contribution in [0, 0.1) is 0 Å². The van der Waals surface area contributed by atoms with Crippen molar-refractivity contribution in [2.24, 2.45) is 0 Å². The molecular formula is C17H36O3Si. The topological polar surface area (TPSA) is 27.7 Å². The minimum atomic E-state index is -2.40. The summed E-state index contributed by atoms with van der Waals surface area (Å²) in [6.07, 6.45) is 8.78. The molecule has 0 aromatic carbocycles. The lowest BCUT2D eigenvalue weighted by atomic mass is 10.1. The molecule has 0 saturated carbocycles. The van der Waals surface area contributed by atoms with E-state index in [9.17, 15) is 0 Å². The van der Waals surface area contributed by atoms with Gasteiger partial charge in [-0.2, -0.15) is 0 Å². The second kappa shape index (κ2) is 13.5. The Bertz CT molecular complexity index is 239. The molecule has 126 valence electrons. The third-order valence-electron chi connectivity index (χ3n) is 3.43. The molecule has 0 aromatic rings. The van der Waals surface area contributed by atoms with Gasteiger partial charge in [-0.25, -0.2) is 0 Å². The van der Waals surface area contributed by atoms with Crippen LogP contribution in [0.4, 0.5) is 0 Å². The highest BCUT2D eigenvalue weighted by Crippen LogP contribution is 2.20. The minimum absolute atomic E-state index is 0.674. The van der Waals surface area contributed by atoms with E-state index in [1.54, 1.807) is 0 Å². The van der Waals surface area contributed by atoms with Crippen LogP contribution in [0.5, 0.6) is 0 Å². The average Bonchev–Trinajstić information content (AvgIpc) is 2.42. The van der Waals surface area contributed by atoms with Gasteiger partial charge in [-0.3, -0.25) is 0 Å². The fraction of sp³-hybridized carbons (Fsp3) is 0.882. The zero-order valence-corrected chi connectivity index (χ0v) is 15.7. The highest BCUT2D eigenvalue weighted by Gasteiger charge is 2.39. The quantitative estimate of drug-likeness (QED) is 0.232. The lowest BCUT2D eigenvalue weighted by molar-refractivity contribution is 0.0706. The van der Waals surface area contributed by atoms with Crippen molar-refractivity contribution in [3.05, 3.63) is 12.2 Å². The summed E-state index contributed by atoms with van der Waals surface area (Å²) in [5, 5.41) is 0. The predicted molar refractivity (Wildman–Crippen MR) is 92.6 cm³/mol. The Kier molecular flexibility index (Phi) is 13.4. The maximum Gasteiger partial charge on any atom is 0.500 e. The number of unbranched alkanes of at least 4 members (excludes halogenated alkanes) is 5. The Hall–Kier alpha value is -0.163. The number of hydrogen-bond donors (Lipinski definition) is 0. The number of hydrogen-bond acceptors (Lipinski definition) is 3. The summed E-state index contributed by atoms with van der Waals surface area (Å²) in [6.45, 7) is 14.1. The molecule has 0 aromatic heterocycles. The van der Waals surface area contributed by atoms with Crippen molar-refractivity contribution in [1.82, 2.24) is 0 Å². The Labute approximate surface area is 133 Å². The molecule has 0 N–H and O–H groups in total. The molecule has 0 bridgehead atoms. The summed E-state index contributed by atoms with van der Waals surface area (Å²) in [4.78, 5) is 0. The summed E-state index contributed by atoms with van der Waals surface area (Å²) in [6, 6.07) is 0.953. The van der Waals surface area contributed by atoms with E-state index >= 15 is 0 Å². The molecule has 0 unspecified atom stereocenters. The van der Waals surface area contributed by atoms with Gasteiger partial charge in [0.25, 0.3) is 0 Å². The van der Waals surface area contributed by atoms with Crippen molar-refractivity contribution in [1.29, 1.82) is 0 Å². The predicted octanol–water partition coefficient (Wildman–Crippen LogP) is 5.34. The molecule has 0 amide bonds. The molecule has 0 atom stereocenters. The normalized spacial score (nSPS) is 11.8. The van der Waals surface area contributed by atoms with Crippen LogP contribution >= 0.6 is 0 Å². The van der Waals surface area contributed by atoms with E-state index in [-0.39, 0.29) is 0 Å². The van der Waals surface area contributed by atoms with Gasteiger partial charge in [-0.05, 0) is 47.0 Å². The Morgan fingerprint density at radius 3 is 1.62 bits per heavy atom. The molecule has 0 rings (SSSR count). The Balaban J connectivity index is 3.83. The van der Waals surface area contributed by atoms with Gasteiger partial charge in [0.2, 0.25) is 0 Å². The zero-order valence-electron chi connectivity index (χ0n) is 14.7. The molecular weight excluding hydrogens is 280 g/mol. The van der Waals surface area contributed by atoms with Crippen molar-refractivity contribution in [2.75, 3.05) is 19.8 Å². The van der Waals surface area contributed by atoms with Crippen LogP contribution in [0.15, 0.2) is 12.2 Å². The standard InChI is InChI=1S/C17H36O3Si/c1-6-18-21(19-7-2,20-8-3)16-14-12-10-9-11-13-15-17(4)5/h4,6-16H2,1-3,5H3. The molecule has 0 saturated heterocycles. The van der Waals surface area contributed by atoms with Crippen LogP contribution in [0.1, 0.15) is 72.6 Å². The molecule has 0 heterocycles. The molecule has 0 fully saturated rings. The van der Waals surface area contributed by atoms with E-state index < -0.39 is 8.80 Å². The summed E-state index contributed by atoms with van der Waals surface area (Å²) in [5.74, 6) is 0. The lowest BCUT2D eigenvalue weighted by Crippen LogP contribution is -2.45. The molecule has 0 aliphatic heterocycles. The smallest absolute Gasteiger partial charge is 0.374 e. The molecule has 0 aliphatic carbocycles. The maximum atomic E-state index is 5.87. The monoisotopic (exact) mass is 316 g/mol. The van der Waals surface area contributed by atoms with Crippen molar-refractivity contribution >= 4 is 8.80 Å². The first-order valence-corrected chi connectivity index (χ1v) is 10.6. The van der Waals surface area contributed by atoms with E-state index in [0.717, 1.165) is 12.5 Å². The van der Waals surface area contributed by atoms with Crippen molar-refractivity contribution in [3.63, 3.8) is 0 Å². The van der Waals surface area contributed by atoms with E-state index in [2.05, 4.69) is 13.5 Å². The first kappa shape index (κ1) is 20.8. The minimum Gasteiger partial charge on any atom is -0.374 e. The number of allylic oxidation sites excluding steroid dienone is 1. The summed E-state index contributed by atoms with van der Waals surface area (Å²) in [5.41, 5.74) is 1.30. The number of rotatable bonds is 15. The van der Waals surface area contributed by atoms with Gasteiger partial charge in [-0.1, -0.05) is 31.3 Å². The Morgan fingerprint density at radius 1 is 0.762 bits per heavy atom. The second-order valence-corrected chi connectivity index (χ2v) is 8.29. The van der Waals surface area contributed by atoms with Gasteiger partial charge in [0.05, 0.1) is 0 Å². The lowest BCUT2D eigenvalue weighted by Gasteiger charge is -2.28. The van der Waals surface area contributed by atoms with Crippen LogP contribution in [0.3, 0.4) is 0 Å². The molecule has 3 nitrogen and oxygen atoms in total. The van der Waals surface area contributed by atoms with Crippen molar-refractivity contribution < 1.29 is 13.3 Å². The fourth-order valence-corrected chi connectivity index (χ4v) is 5.16. The SMILES string of the molecule is C=C(C)CCCCCCCC[Si](OCC)(OCC)OCC. The van der Waals surface area contributed by atoms with Gasteiger partial charge in [0.15, 0.2) is 0 Å². The molecule has 21 heavy (non-hydrogen) atoms. The van der Waals surface area contributed by atoms with Gasteiger partial charge in [0.1, 0.15) is 0 Å². The second-order valence-electron chi connectivity index (χ2n) is 5.56. The molecule has 4 heteroatoms. The van der Waals surface area contributed by atoms with Crippen molar-refractivity contribution in [3.8, 4) is 0 Å². The van der Waals surface area contributed by atoms with E-state index in [1.165, 1.54) is 44.1 Å². The van der Waals surface area contributed by atoms with Gasteiger partial charge >= 0.3 is 8.80 Å². The highest BCUT2D eigenvalue weighted by molar-refractivity contribution is 6.60. The maximum absolute atomic E-state index is 5.87. The fourth-order valence-electron chi connectivity index (χ4n) is 2.48. The third kappa shape index (κ3) is 11.1. The van der Waals surface area contributed by atoms with E-state index in [4.69, 9.17) is 13.3 Å². The van der Waals surface area contributed by atoms with Crippen molar-refractivity contribution in [2.45, 2.75) is 78.7 Å². The zero-order chi connectivity index (χ0) is 16.0. The van der Waals surface area contributed by atoms with E-state index in [0.29, 0.717) is 19.8 Å². The largest absolute Gasteiger partial charge is 0.500 e. The molecule has 0 radical (unpaired) electrons. The summed E-state index contributed by atoms with van der Waals surface area (Å²) in [7, 11) is -2.40.